The maximum Gasteiger partial charge on any atom is 0.338 e. The summed E-state index contributed by atoms with van der Waals surface area (Å²) in [5.74, 6) is 0.0408. The molecule has 0 spiro atoms. The summed E-state index contributed by atoms with van der Waals surface area (Å²) in [6.07, 6.45) is 0. The number of anilines is 1. The Labute approximate surface area is 252 Å². The molecule has 0 saturated carbocycles. The van der Waals surface area contributed by atoms with E-state index in [1.165, 1.54) is 0 Å². The molecule has 0 bridgehead atoms. The van der Waals surface area contributed by atoms with Crippen molar-refractivity contribution in [2.24, 2.45) is 10.7 Å². The van der Waals surface area contributed by atoms with Crippen LogP contribution in [0.1, 0.15) is 35.3 Å². The van der Waals surface area contributed by atoms with E-state index in [4.69, 9.17) is 14.9 Å². The van der Waals surface area contributed by atoms with Crippen LogP contribution in [-0.4, -0.2) is 80.6 Å². The van der Waals surface area contributed by atoms with Gasteiger partial charge in [0.15, 0.2) is 0 Å². The zero-order valence-electron chi connectivity index (χ0n) is 25.5. The lowest BCUT2D eigenvalue weighted by molar-refractivity contribution is -0.119. The minimum Gasteiger partial charge on any atom is -0.461 e. The standard InChI is InChI=1S/C34H41N5O4/c1-5-36-28-19-30-26(17-22(28)3)33(27-18-23(4)29(37-6-2)20-31(27)43-30)24-9-7-8-10-25(24)34(41)42-16-15-38-11-13-39(14-12-38)21-32(35)40/h7-10,17-20,36H,5-6,11-16,21H2,1-4H3,(H2,35,40). The van der Waals surface area contributed by atoms with Gasteiger partial charge >= 0.3 is 5.97 Å². The van der Waals surface area contributed by atoms with Crippen molar-refractivity contribution in [3.05, 3.63) is 70.6 Å². The van der Waals surface area contributed by atoms with Crippen molar-refractivity contribution in [2.75, 3.05) is 64.3 Å². The fourth-order valence-electron chi connectivity index (χ4n) is 5.82. The van der Waals surface area contributed by atoms with E-state index in [1.54, 1.807) is 0 Å². The predicted molar refractivity (Wildman–Crippen MR) is 170 cm³/mol. The van der Waals surface area contributed by atoms with Crippen molar-refractivity contribution in [1.82, 2.24) is 9.80 Å². The molecule has 1 aliphatic carbocycles. The average Bonchev–Trinajstić information content (AvgIpc) is 2.98. The number of piperazine rings is 1. The highest BCUT2D eigenvalue weighted by molar-refractivity contribution is 6.08. The Balaban J connectivity index is 1.50. The number of ether oxygens (including phenoxy) is 1. The minimum atomic E-state index is -0.361. The molecule has 3 aliphatic rings. The van der Waals surface area contributed by atoms with Crippen LogP contribution in [0.25, 0.3) is 33.4 Å². The largest absolute Gasteiger partial charge is 0.461 e. The molecule has 0 aromatic heterocycles. The van der Waals surface area contributed by atoms with Crippen LogP contribution in [0.3, 0.4) is 0 Å². The van der Waals surface area contributed by atoms with Gasteiger partial charge in [0.05, 0.1) is 17.5 Å². The van der Waals surface area contributed by atoms with Gasteiger partial charge in [-0.05, 0) is 62.6 Å². The Morgan fingerprint density at radius 1 is 0.977 bits per heavy atom. The van der Waals surface area contributed by atoms with Crippen molar-refractivity contribution in [3.63, 3.8) is 0 Å². The number of carbonyl (C=O) groups is 2. The van der Waals surface area contributed by atoms with Crippen LogP contribution in [0.4, 0.5) is 5.69 Å². The van der Waals surface area contributed by atoms with Crippen LogP contribution in [0.15, 0.2) is 57.9 Å². The Morgan fingerprint density at radius 3 is 2.44 bits per heavy atom. The molecule has 2 heterocycles. The SMILES string of the molecule is CCN=c1cc2oc3cc(NCC)c(C)cc3c(-c3ccccc3C(=O)OCCN3CCN(CC(N)=O)CC3)c-2cc1C. The average molecular weight is 584 g/mol. The molecule has 3 N–H and O–H groups in total. The minimum absolute atomic E-state index is 0.278. The van der Waals surface area contributed by atoms with Crippen LogP contribution in [-0.2, 0) is 9.53 Å². The van der Waals surface area contributed by atoms with Crippen molar-refractivity contribution >= 4 is 28.5 Å². The van der Waals surface area contributed by atoms with Crippen molar-refractivity contribution < 1.29 is 18.7 Å². The lowest BCUT2D eigenvalue weighted by Crippen LogP contribution is -2.49. The van der Waals surface area contributed by atoms with E-state index in [-0.39, 0.29) is 25.0 Å². The van der Waals surface area contributed by atoms with Gasteiger partial charge in [0.25, 0.3) is 0 Å². The Hall–Kier alpha value is -4.21. The summed E-state index contributed by atoms with van der Waals surface area (Å²) in [4.78, 5) is 33.8. The molecule has 2 aliphatic heterocycles. The number of hydrogen-bond donors (Lipinski definition) is 2. The summed E-state index contributed by atoms with van der Waals surface area (Å²) in [5, 5.41) is 5.25. The number of nitrogens with zero attached hydrogens (tertiary/aromatic N) is 3. The Bertz CT molecular complexity index is 1670. The van der Waals surface area contributed by atoms with Gasteiger partial charge in [-0.15, -0.1) is 0 Å². The Morgan fingerprint density at radius 2 is 1.72 bits per heavy atom. The van der Waals surface area contributed by atoms with Crippen LogP contribution in [0, 0.1) is 13.8 Å². The second kappa shape index (κ2) is 13.4. The predicted octanol–water partition coefficient (Wildman–Crippen LogP) is 4.43. The fraction of sp³-hybridized carbons (Fsp3) is 0.382. The van der Waals surface area contributed by atoms with Crippen molar-refractivity contribution in [1.29, 1.82) is 0 Å². The number of carbonyl (C=O) groups excluding carboxylic acids is 2. The molecule has 43 heavy (non-hydrogen) atoms. The monoisotopic (exact) mass is 583 g/mol. The number of aryl methyl sites for hydroxylation is 2. The number of benzene rings is 3. The second-order valence-corrected chi connectivity index (χ2v) is 11.0. The third-order valence-corrected chi connectivity index (χ3v) is 7.98. The first-order valence-corrected chi connectivity index (χ1v) is 15.0. The molecule has 226 valence electrons. The number of nitrogens with one attached hydrogen (secondary N) is 1. The summed E-state index contributed by atoms with van der Waals surface area (Å²) in [7, 11) is 0. The number of esters is 1. The highest BCUT2D eigenvalue weighted by atomic mass is 16.5. The van der Waals surface area contributed by atoms with Gasteiger partial charge < -0.3 is 20.2 Å². The Kier molecular flexibility index (Phi) is 9.43. The van der Waals surface area contributed by atoms with E-state index < -0.39 is 0 Å². The summed E-state index contributed by atoms with van der Waals surface area (Å²) < 4.78 is 12.3. The molecule has 2 aromatic carbocycles. The van der Waals surface area contributed by atoms with E-state index in [0.717, 1.165) is 82.6 Å². The molecule has 0 unspecified atom stereocenters. The molecule has 1 amide bonds. The van der Waals surface area contributed by atoms with E-state index in [1.807, 2.05) is 48.2 Å². The van der Waals surface area contributed by atoms with Gasteiger partial charge in [0, 0.05) is 80.1 Å². The molecule has 9 nitrogen and oxygen atoms in total. The topological polar surface area (TPSA) is 113 Å². The number of amides is 1. The molecule has 9 heteroatoms. The summed E-state index contributed by atoms with van der Waals surface area (Å²) in [6, 6.07) is 15.9. The summed E-state index contributed by atoms with van der Waals surface area (Å²) >= 11 is 0. The number of primary amides is 1. The highest BCUT2D eigenvalue weighted by Crippen LogP contribution is 2.43. The molecule has 5 rings (SSSR count). The number of nitrogens with two attached hydrogens (primary N) is 1. The van der Waals surface area contributed by atoms with E-state index in [2.05, 4.69) is 48.1 Å². The zero-order chi connectivity index (χ0) is 30.5. The smallest absolute Gasteiger partial charge is 0.338 e. The summed E-state index contributed by atoms with van der Waals surface area (Å²) in [5.41, 5.74) is 12.4. The number of hydrogen-bond acceptors (Lipinski definition) is 8. The highest BCUT2D eigenvalue weighted by Gasteiger charge is 2.24. The first-order valence-electron chi connectivity index (χ1n) is 15.0. The van der Waals surface area contributed by atoms with Gasteiger partial charge in [0.2, 0.25) is 5.91 Å². The second-order valence-electron chi connectivity index (χ2n) is 11.0. The quantitative estimate of drug-likeness (QED) is 0.210. The van der Waals surface area contributed by atoms with E-state index >= 15 is 0 Å². The number of rotatable bonds is 10. The van der Waals surface area contributed by atoms with Gasteiger partial charge in [-0.25, -0.2) is 4.79 Å². The zero-order valence-corrected chi connectivity index (χ0v) is 25.5. The fourth-order valence-corrected chi connectivity index (χ4v) is 5.82. The molecule has 2 aromatic rings. The van der Waals surface area contributed by atoms with Crippen LogP contribution in [0.5, 0.6) is 0 Å². The maximum absolute atomic E-state index is 13.6. The molecule has 0 radical (unpaired) electrons. The first-order chi connectivity index (χ1) is 20.8. The van der Waals surface area contributed by atoms with Crippen molar-refractivity contribution in [3.8, 4) is 22.5 Å². The van der Waals surface area contributed by atoms with Crippen molar-refractivity contribution in [2.45, 2.75) is 27.7 Å². The van der Waals surface area contributed by atoms with Gasteiger partial charge in [-0.3, -0.25) is 19.6 Å². The molecular formula is C34H41N5O4. The van der Waals surface area contributed by atoms with E-state index in [9.17, 15) is 9.59 Å². The van der Waals surface area contributed by atoms with Crippen LogP contribution in [0.2, 0.25) is 0 Å². The lowest BCUT2D eigenvalue weighted by Gasteiger charge is -2.33. The third-order valence-electron chi connectivity index (χ3n) is 7.98. The van der Waals surface area contributed by atoms with Gasteiger partial charge in [-0.2, -0.15) is 0 Å². The normalized spacial score (nSPS) is 14.8. The maximum atomic E-state index is 13.6. The summed E-state index contributed by atoms with van der Waals surface area (Å²) in [6.45, 7) is 14.0. The van der Waals surface area contributed by atoms with E-state index in [0.29, 0.717) is 24.4 Å². The van der Waals surface area contributed by atoms with Gasteiger partial charge in [0.1, 0.15) is 18.0 Å². The molecular weight excluding hydrogens is 542 g/mol. The first kappa shape index (κ1) is 30.3. The van der Waals surface area contributed by atoms with Crippen LogP contribution < -0.4 is 16.4 Å². The molecule has 1 fully saturated rings. The lowest BCUT2D eigenvalue weighted by atomic mass is 9.89. The van der Waals surface area contributed by atoms with Gasteiger partial charge in [-0.1, -0.05) is 18.2 Å². The third kappa shape index (κ3) is 6.73. The molecule has 1 saturated heterocycles. The molecule has 0 atom stereocenters. The van der Waals surface area contributed by atoms with Crippen LogP contribution >= 0.6 is 0 Å². The number of fused-ring (bicyclic) bond motifs is 2.